The summed E-state index contributed by atoms with van der Waals surface area (Å²) in [5.41, 5.74) is 1.19. The fourth-order valence-electron chi connectivity index (χ4n) is 2.88. The van der Waals surface area contributed by atoms with Gasteiger partial charge in [-0.05, 0) is 38.2 Å². The third kappa shape index (κ3) is 4.41. The summed E-state index contributed by atoms with van der Waals surface area (Å²) < 4.78 is 0. The molecule has 1 aliphatic carbocycles. The molecule has 3 nitrogen and oxygen atoms in total. The lowest BCUT2D eigenvalue weighted by molar-refractivity contribution is 0.328. The van der Waals surface area contributed by atoms with E-state index in [2.05, 4.69) is 41.6 Å². The van der Waals surface area contributed by atoms with E-state index in [1.54, 1.807) is 0 Å². The highest BCUT2D eigenvalue weighted by atomic mass is 15.0. The summed E-state index contributed by atoms with van der Waals surface area (Å²) in [6.07, 6.45) is 9.97. The first kappa shape index (κ1) is 14.2. The van der Waals surface area contributed by atoms with Gasteiger partial charge >= 0.3 is 0 Å². The third-order valence-electron chi connectivity index (χ3n) is 4.07. The van der Waals surface area contributed by atoms with Crippen LogP contribution >= 0.6 is 0 Å². The van der Waals surface area contributed by atoms with Gasteiger partial charge in [-0.15, -0.1) is 0 Å². The van der Waals surface area contributed by atoms with Gasteiger partial charge < -0.3 is 10.6 Å². The van der Waals surface area contributed by atoms with Crippen molar-refractivity contribution in [3.8, 4) is 0 Å². The summed E-state index contributed by atoms with van der Waals surface area (Å²) in [6, 6.07) is 4.74. The van der Waals surface area contributed by atoms with Gasteiger partial charge in [-0.1, -0.05) is 26.2 Å². The zero-order chi connectivity index (χ0) is 13.5. The number of anilines is 2. The molecule has 1 aromatic rings. The minimum Gasteiger partial charge on any atom is -0.382 e. The molecule has 1 fully saturated rings. The van der Waals surface area contributed by atoms with Crippen molar-refractivity contribution in [1.29, 1.82) is 0 Å². The lowest BCUT2D eigenvalue weighted by atomic mass is 9.84. The Kier molecular flexibility index (Phi) is 5.49. The van der Waals surface area contributed by atoms with Crippen LogP contribution in [0.3, 0.4) is 0 Å². The molecule has 0 bridgehead atoms. The van der Waals surface area contributed by atoms with E-state index in [9.17, 15) is 0 Å². The van der Waals surface area contributed by atoms with E-state index in [0.717, 1.165) is 24.7 Å². The van der Waals surface area contributed by atoms with Crippen LogP contribution in [0.1, 0.15) is 52.4 Å². The Bertz CT molecular complexity index is 372. The van der Waals surface area contributed by atoms with Gasteiger partial charge in [0.15, 0.2) is 0 Å². The summed E-state index contributed by atoms with van der Waals surface area (Å²) in [7, 11) is 0. The number of hydrogen-bond donors (Lipinski definition) is 2. The first-order valence-corrected chi connectivity index (χ1v) is 7.76. The second kappa shape index (κ2) is 7.37. The zero-order valence-electron chi connectivity index (χ0n) is 12.3. The van der Waals surface area contributed by atoms with E-state index in [0.29, 0.717) is 6.04 Å². The first-order chi connectivity index (χ1) is 9.29. The van der Waals surface area contributed by atoms with Crippen molar-refractivity contribution in [2.45, 2.75) is 58.4 Å². The van der Waals surface area contributed by atoms with Crippen LogP contribution in [0.2, 0.25) is 0 Å². The molecule has 1 unspecified atom stereocenters. The number of rotatable bonds is 6. The molecule has 0 saturated heterocycles. The number of nitrogens with one attached hydrogen (secondary N) is 2. The molecular formula is C16H27N3. The lowest BCUT2D eigenvalue weighted by Crippen LogP contribution is -2.27. The Labute approximate surface area is 117 Å². The molecule has 0 aromatic carbocycles. The van der Waals surface area contributed by atoms with Crippen molar-refractivity contribution in [3.05, 3.63) is 18.3 Å². The number of nitrogens with zero attached hydrogens (tertiary/aromatic N) is 1. The van der Waals surface area contributed by atoms with Crippen molar-refractivity contribution < 1.29 is 0 Å². The van der Waals surface area contributed by atoms with E-state index in [1.165, 1.54) is 37.8 Å². The minimum atomic E-state index is 0.557. The molecule has 19 heavy (non-hydrogen) atoms. The Morgan fingerprint density at radius 3 is 2.84 bits per heavy atom. The van der Waals surface area contributed by atoms with Gasteiger partial charge in [-0.3, -0.25) is 0 Å². The second-order valence-electron chi connectivity index (χ2n) is 5.69. The molecule has 0 amide bonds. The highest BCUT2D eigenvalue weighted by molar-refractivity contribution is 5.52. The SMILES string of the molecule is CCCNc1cc(NC(C)C2CCCCC2)ccn1. The Morgan fingerprint density at radius 1 is 1.32 bits per heavy atom. The predicted molar refractivity (Wildman–Crippen MR) is 82.7 cm³/mol. The first-order valence-electron chi connectivity index (χ1n) is 7.76. The van der Waals surface area contributed by atoms with Crippen LogP contribution in [-0.4, -0.2) is 17.6 Å². The maximum atomic E-state index is 4.35. The van der Waals surface area contributed by atoms with Crippen molar-refractivity contribution in [2.24, 2.45) is 5.92 Å². The van der Waals surface area contributed by atoms with E-state index in [-0.39, 0.29) is 0 Å². The van der Waals surface area contributed by atoms with Crippen LogP contribution < -0.4 is 10.6 Å². The maximum Gasteiger partial charge on any atom is 0.127 e. The van der Waals surface area contributed by atoms with Gasteiger partial charge in [0.1, 0.15) is 5.82 Å². The molecule has 0 aliphatic heterocycles. The van der Waals surface area contributed by atoms with E-state index >= 15 is 0 Å². The smallest absolute Gasteiger partial charge is 0.127 e. The number of pyridine rings is 1. The van der Waals surface area contributed by atoms with Crippen molar-refractivity contribution in [1.82, 2.24) is 4.98 Å². The fourth-order valence-corrected chi connectivity index (χ4v) is 2.88. The van der Waals surface area contributed by atoms with Gasteiger partial charge in [-0.2, -0.15) is 0 Å². The molecule has 1 atom stereocenters. The normalized spacial score (nSPS) is 18.0. The van der Waals surface area contributed by atoms with E-state index in [1.807, 2.05) is 6.20 Å². The van der Waals surface area contributed by atoms with Crippen LogP contribution in [-0.2, 0) is 0 Å². The van der Waals surface area contributed by atoms with Gasteiger partial charge in [0.25, 0.3) is 0 Å². The standard InChI is InChI=1S/C16H27N3/c1-3-10-17-16-12-15(9-11-18-16)19-13(2)14-7-5-4-6-8-14/h9,11-14H,3-8,10H2,1-2H3,(H2,17,18,19). The zero-order valence-corrected chi connectivity index (χ0v) is 12.3. The van der Waals surface area contributed by atoms with Crippen LogP contribution in [0.25, 0.3) is 0 Å². The van der Waals surface area contributed by atoms with Gasteiger partial charge in [0, 0.05) is 30.5 Å². The summed E-state index contributed by atoms with van der Waals surface area (Å²) in [4.78, 5) is 4.35. The van der Waals surface area contributed by atoms with Crippen molar-refractivity contribution in [2.75, 3.05) is 17.2 Å². The Morgan fingerprint density at radius 2 is 2.11 bits per heavy atom. The average molecular weight is 261 g/mol. The van der Waals surface area contributed by atoms with Gasteiger partial charge in [0.05, 0.1) is 0 Å². The minimum absolute atomic E-state index is 0.557. The van der Waals surface area contributed by atoms with Gasteiger partial charge in [-0.25, -0.2) is 4.98 Å². The summed E-state index contributed by atoms with van der Waals surface area (Å²) >= 11 is 0. The summed E-state index contributed by atoms with van der Waals surface area (Å²) in [5, 5.41) is 6.98. The fraction of sp³-hybridized carbons (Fsp3) is 0.688. The van der Waals surface area contributed by atoms with E-state index < -0.39 is 0 Å². The van der Waals surface area contributed by atoms with Crippen LogP contribution in [0.15, 0.2) is 18.3 Å². The Balaban J connectivity index is 1.90. The molecule has 1 aliphatic rings. The number of hydrogen-bond acceptors (Lipinski definition) is 3. The highest BCUT2D eigenvalue weighted by Gasteiger charge is 2.19. The number of aromatic nitrogens is 1. The summed E-state index contributed by atoms with van der Waals surface area (Å²) in [5.74, 6) is 1.80. The second-order valence-corrected chi connectivity index (χ2v) is 5.69. The van der Waals surface area contributed by atoms with Gasteiger partial charge in [0.2, 0.25) is 0 Å². The lowest BCUT2D eigenvalue weighted by Gasteiger charge is -2.29. The average Bonchev–Trinajstić information content (AvgIpc) is 2.46. The summed E-state index contributed by atoms with van der Waals surface area (Å²) in [6.45, 7) is 5.46. The predicted octanol–water partition coefficient (Wildman–Crippen LogP) is 4.28. The quantitative estimate of drug-likeness (QED) is 0.802. The van der Waals surface area contributed by atoms with Crippen LogP contribution in [0.4, 0.5) is 11.5 Å². The Hall–Kier alpha value is -1.25. The van der Waals surface area contributed by atoms with Crippen LogP contribution in [0.5, 0.6) is 0 Å². The van der Waals surface area contributed by atoms with Crippen LogP contribution in [0, 0.1) is 5.92 Å². The molecule has 1 saturated carbocycles. The monoisotopic (exact) mass is 261 g/mol. The maximum absolute atomic E-state index is 4.35. The molecule has 1 heterocycles. The highest BCUT2D eigenvalue weighted by Crippen LogP contribution is 2.28. The molecule has 0 radical (unpaired) electrons. The molecule has 2 N–H and O–H groups in total. The topological polar surface area (TPSA) is 37.0 Å². The molecule has 0 spiro atoms. The van der Waals surface area contributed by atoms with E-state index in [4.69, 9.17) is 0 Å². The molecule has 2 rings (SSSR count). The molecule has 1 aromatic heterocycles. The molecular weight excluding hydrogens is 234 g/mol. The molecule has 3 heteroatoms. The third-order valence-corrected chi connectivity index (χ3v) is 4.07. The molecule has 106 valence electrons. The largest absolute Gasteiger partial charge is 0.382 e. The van der Waals surface area contributed by atoms with Crippen molar-refractivity contribution in [3.63, 3.8) is 0 Å². The van der Waals surface area contributed by atoms with Crippen molar-refractivity contribution >= 4 is 11.5 Å².